The third-order valence-corrected chi connectivity index (χ3v) is 3.01. The lowest BCUT2D eigenvalue weighted by atomic mass is 10.1. The molecule has 1 N–H and O–H groups in total. The van der Waals surface area contributed by atoms with Gasteiger partial charge in [-0.25, -0.2) is 0 Å². The van der Waals surface area contributed by atoms with E-state index in [9.17, 15) is 0 Å². The monoisotopic (exact) mass is 274 g/mol. The summed E-state index contributed by atoms with van der Waals surface area (Å²) in [6.07, 6.45) is 8.83. The fraction of sp³-hybridized carbons (Fsp3) is 0. The van der Waals surface area contributed by atoms with Crippen molar-refractivity contribution in [1.82, 2.24) is 9.97 Å². The van der Waals surface area contributed by atoms with E-state index in [-0.39, 0.29) is 0 Å². The third-order valence-electron chi connectivity index (χ3n) is 3.01. The van der Waals surface area contributed by atoms with Crippen LogP contribution in [0.25, 0.3) is 11.1 Å². The summed E-state index contributed by atoms with van der Waals surface area (Å²) in [5, 5.41) is 4.20. The molecule has 4 nitrogen and oxygen atoms in total. The molecule has 3 aromatic rings. The van der Waals surface area contributed by atoms with Crippen LogP contribution in [0.5, 0.6) is 0 Å². The predicted molar refractivity (Wildman–Crippen MR) is 85.1 cm³/mol. The quantitative estimate of drug-likeness (QED) is 0.584. The number of pyridine rings is 2. The SMILES string of the molecule is C(=NNc1ccc(-c2ccncc2)cc1)c1ccncc1. The number of aromatic nitrogens is 2. The van der Waals surface area contributed by atoms with Crippen molar-refractivity contribution in [1.29, 1.82) is 0 Å². The van der Waals surface area contributed by atoms with Crippen LogP contribution in [-0.4, -0.2) is 16.2 Å². The van der Waals surface area contributed by atoms with Crippen molar-refractivity contribution in [2.24, 2.45) is 5.10 Å². The van der Waals surface area contributed by atoms with Gasteiger partial charge in [-0.05, 0) is 53.1 Å². The molecule has 0 saturated heterocycles. The van der Waals surface area contributed by atoms with Gasteiger partial charge in [-0.3, -0.25) is 15.4 Å². The topological polar surface area (TPSA) is 50.2 Å². The van der Waals surface area contributed by atoms with Crippen molar-refractivity contribution in [3.05, 3.63) is 78.9 Å². The zero-order valence-electron chi connectivity index (χ0n) is 11.3. The van der Waals surface area contributed by atoms with Crippen molar-refractivity contribution in [3.8, 4) is 11.1 Å². The highest BCUT2D eigenvalue weighted by molar-refractivity contribution is 5.79. The molecular weight excluding hydrogens is 260 g/mol. The molecule has 0 radical (unpaired) electrons. The second-order valence-electron chi connectivity index (χ2n) is 4.46. The van der Waals surface area contributed by atoms with Crippen molar-refractivity contribution >= 4 is 11.9 Å². The van der Waals surface area contributed by atoms with Gasteiger partial charge in [0.1, 0.15) is 0 Å². The summed E-state index contributed by atoms with van der Waals surface area (Å²) < 4.78 is 0. The van der Waals surface area contributed by atoms with E-state index in [2.05, 4.69) is 32.6 Å². The van der Waals surface area contributed by atoms with Crippen molar-refractivity contribution in [2.75, 3.05) is 5.43 Å². The van der Waals surface area contributed by atoms with Crippen LogP contribution in [-0.2, 0) is 0 Å². The van der Waals surface area contributed by atoms with Crippen LogP contribution in [0.1, 0.15) is 5.56 Å². The first-order valence-electron chi connectivity index (χ1n) is 6.61. The van der Waals surface area contributed by atoms with Gasteiger partial charge >= 0.3 is 0 Å². The van der Waals surface area contributed by atoms with Gasteiger partial charge in [-0.15, -0.1) is 0 Å². The molecule has 0 amide bonds. The van der Waals surface area contributed by atoms with Gasteiger partial charge in [0.15, 0.2) is 0 Å². The molecule has 102 valence electrons. The minimum absolute atomic E-state index is 0.943. The fourth-order valence-corrected chi connectivity index (χ4v) is 1.91. The van der Waals surface area contributed by atoms with Crippen LogP contribution in [0, 0.1) is 0 Å². The Kier molecular flexibility index (Phi) is 3.98. The van der Waals surface area contributed by atoms with Crippen molar-refractivity contribution < 1.29 is 0 Å². The van der Waals surface area contributed by atoms with Gasteiger partial charge in [0.05, 0.1) is 11.9 Å². The van der Waals surface area contributed by atoms with E-state index in [0.717, 1.165) is 22.4 Å². The molecule has 0 fully saturated rings. The van der Waals surface area contributed by atoms with E-state index in [0.29, 0.717) is 0 Å². The highest BCUT2D eigenvalue weighted by Gasteiger charge is 1.96. The molecule has 0 unspecified atom stereocenters. The number of hydrogen-bond acceptors (Lipinski definition) is 4. The number of anilines is 1. The fourth-order valence-electron chi connectivity index (χ4n) is 1.91. The van der Waals surface area contributed by atoms with Crippen LogP contribution in [0.3, 0.4) is 0 Å². The Labute approximate surface area is 123 Å². The van der Waals surface area contributed by atoms with E-state index < -0.39 is 0 Å². The lowest BCUT2D eigenvalue weighted by molar-refractivity contribution is 1.31. The summed E-state index contributed by atoms with van der Waals surface area (Å²) in [4.78, 5) is 7.99. The van der Waals surface area contributed by atoms with Gasteiger partial charge in [0.2, 0.25) is 0 Å². The van der Waals surface area contributed by atoms with Gasteiger partial charge < -0.3 is 0 Å². The molecular formula is C17H14N4. The van der Waals surface area contributed by atoms with Gasteiger partial charge in [-0.2, -0.15) is 5.10 Å². The molecule has 0 bridgehead atoms. The summed E-state index contributed by atoms with van der Waals surface area (Å²) in [6.45, 7) is 0. The number of benzene rings is 1. The molecule has 0 aliphatic carbocycles. The molecule has 0 saturated carbocycles. The number of hydrogen-bond donors (Lipinski definition) is 1. The minimum atomic E-state index is 0.943. The van der Waals surface area contributed by atoms with Crippen LogP contribution in [0.2, 0.25) is 0 Å². The highest BCUT2D eigenvalue weighted by atomic mass is 15.3. The lowest BCUT2D eigenvalue weighted by Crippen LogP contribution is -1.90. The van der Waals surface area contributed by atoms with Crippen LogP contribution >= 0.6 is 0 Å². The first-order valence-corrected chi connectivity index (χ1v) is 6.61. The van der Waals surface area contributed by atoms with Crippen LogP contribution < -0.4 is 5.43 Å². The van der Waals surface area contributed by atoms with Gasteiger partial charge in [-0.1, -0.05) is 12.1 Å². The van der Waals surface area contributed by atoms with Crippen molar-refractivity contribution in [3.63, 3.8) is 0 Å². The molecule has 2 heterocycles. The molecule has 3 rings (SSSR count). The highest BCUT2D eigenvalue weighted by Crippen LogP contribution is 2.20. The predicted octanol–water partition coefficient (Wildman–Crippen LogP) is 3.59. The molecule has 0 spiro atoms. The second-order valence-corrected chi connectivity index (χ2v) is 4.46. The standard InChI is InChI=1S/C17H14N4/c1-3-17(21-20-13-14-5-9-18-10-6-14)4-2-15(1)16-7-11-19-12-8-16/h1-13,21H. The van der Waals surface area contributed by atoms with Crippen LogP contribution in [0.4, 0.5) is 5.69 Å². The summed E-state index contributed by atoms with van der Waals surface area (Å²) in [5.41, 5.74) is 7.26. The number of nitrogens with zero attached hydrogens (tertiary/aromatic N) is 3. The maximum atomic E-state index is 4.20. The Morgan fingerprint density at radius 3 is 1.95 bits per heavy atom. The van der Waals surface area contributed by atoms with Crippen LogP contribution in [0.15, 0.2) is 78.4 Å². The minimum Gasteiger partial charge on any atom is -0.279 e. The first-order chi connectivity index (χ1) is 10.4. The molecule has 21 heavy (non-hydrogen) atoms. The molecule has 0 atom stereocenters. The molecule has 1 aromatic carbocycles. The molecule has 0 aliphatic heterocycles. The number of hydrazone groups is 1. The largest absolute Gasteiger partial charge is 0.279 e. The van der Waals surface area contributed by atoms with E-state index in [4.69, 9.17) is 0 Å². The first kappa shape index (κ1) is 13.0. The zero-order valence-corrected chi connectivity index (χ0v) is 11.3. The number of nitrogens with one attached hydrogen (secondary N) is 1. The zero-order chi connectivity index (χ0) is 14.3. The average Bonchev–Trinajstić information content (AvgIpc) is 2.57. The van der Waals surface area contributed by atoms with Gasteiger partial charge in [0, 0.05) is 24.8 Å². The average molecular weight is 274 g/mol. The summed E-state index contributed by atoms with van der Waals surface area (Å²) >= 11 is 0. The normalized spacial score (nSPS) is 10.7. The maximum Gasteiger partial charge on any atom is 0.0562 e. The Morgan fingerprint density at radius 2 is 1.29 bits per heavy atom. The van der Waals surface area contributed by atoms with E-state index in [1.165, 1.54) is 0 Å². The Morgan fingerprint density at radius 1 is 0.714 bits per heavy atom. The molecule has 4 heteroatoms. The van der Waals surface area contributed by atoms with Crippen molar-refractivity contribution in [2.45, 2.75) is 0 Å². The second kappa shape index (κ2) is 6.43. The van der Waals surface area contributed by atoms with E-state index in [1.807, 2.05) is 36.4 Å². The summed E-state index contributed by atoms with van der Waals surface area (Å²) in [7, 11) is 0. The lowest BCUT2D eigenvalue weighted by Gasteiger charge is -2.03. The Bertz CT molecular complexity index is 707. The van der Waals surface area contributed by atoms with E-state index >= 15 is 0 Å². The summed E-state index contributed by atoms with van der Waals surface area (Å²) in [5.74, 6) is 0. The third kappa shape index (κ3) is 3.51. The number of rotatable bonds is 4. The van der Waals surface area contributed by atoms with Gasteiger partial charge in [0.25, 0.3) is 0 Å². The smallest absolute Gasteiger partial charge is 0.0562 e. The molecule has 2 aromatic heterocycles. The summed E-state index contributed by atoms with van der Waals surface area (Å²) in [6, 6.07) is 15.9. The Balaban J connectivity index is 1.66. The van der Waals surface area contributed by atoms with E-state index in [1.54, 1.807) is 31.0 Å². The maximum absolute atomic E-state index is 4.20. The molecule has 0 aliphatic rings. The Hall–Kier alpha value is -3.01.